The van der Waals surface area contributed by atoms with Gasteiger partial charge in [-0.2, -0.15) is 0 Å². The second-order valence-corrected chi connectivity index (χ2v) is 7.90. The van der Waals surface area contributed by atoms with E-state index in [1.54, 1.807) is 0 Å². The van der Waals surface area contributed by atoms with Crippen LogP contribution in [0.25, 0.3) is 0 Å². The van der Waals surface area contributed by atoms with Crippen LogP contribution in [0.5, 0.6) is 0 Å². The molecule has 1 fully saturated rings. The molecule has 0 spiro atoms. The Morgan fingerprint density at radius 1 is 0.900 bits per heavy atom. The van der Waals surface area contributed by atoms with Crippen LogP contribution in [-0.2, 0) is 16.0 Å². The molecule has 1 unspecified atom stereocenters. The molecule has 2 aromatic carbocycles. The number of nitrogens with one attached hydrogen (secondary N) is 2. The van der Waals surface area contributed by atoms with Gasteiger partial charge in [-0.15, -0.1) is 0 Å². The van der Waals surface area contributed by atoms with Gasteiger partial charge in [-0.05, 0) is 43.4 Å². The fourth-order valence-corrected chi connectivity index (χ4v) is 3.87. The Bertz CT molecular complexity index is 779. The van der Waals surface area contributed by atoms with Gasteiger partial charge in [0.1, 0.15) is 0 Å². The first-order valence-electron chi connectivity index (χ1n) is 11.1. The normalized spacial score (nSPS) is 19.1. The molecule has 2 amide bonds. The highest BCUT2D eigenvalue weighted by Crippen LogP contribution is 2.17. The van der Waals surface area contributed by atoms with Gasteiger partial charge in [-0.1, -0.05) is 60.7 Å². The summed E-state index contributed by atoms with van der Waals surface area (Å²) in [6.45, 7) is 2.94. The largest absolute Gasteiger partial charge is 0.356 e. The minimum atomic E-state index is -0.00538. The van der Waals surface area contributed by atoms with Crippen LogP contribution in [0.1, 0.15) is 49.3 Å². The molecule has 5 nitrogen and oxygen atoms in total. The highest BCUT2D eigenvalue weighted by molar-refractivity contribution is 5.77. The number of carbonyl (C=O) groups excluding carboxylic acids is 2. The fourth-order valence-electron chi connectivity index (χ4n) is 3.87. The molecule has 30 heavy (non-hydrogen) atoms. The predicted octanol–water partition coefficient (Wildman–Crippen LogP) is 3.47. The number of hydrogen-bond donors (Lipinski definition) is 2. The molecule has 1 saturated heterocycles. The van der Waals surface area contributed by atoms with Crippen LogP contribution in [-0.4, -0.2) is 42.9 Å². The average molecular weight is 408 g/mol. The second-order valence-electron chi connectivity index (χ2n) is 7.90. The summed E-state index contributed by atoms with van der Waals surface area (Å²) < 4.78 is 0. The molecular weight excluding hydrogens is 374 g/mol. The monoisotopic (exact) mass is 407 g/mol. The number of rotatable bonds is 4. The zero-order chi connectivity index (χ0) is 21.0. The minimum absolute atomic E-state index is 0.00538. The van der Waals surface area contributed by atoms with Gasteiger partial charge in [0.05, 0.1) is 0 Å². The Hall–Kier alpha value is -2.66. The van der Waals surface area contributed by atoms with Crippen molar-refractivity contribution in [3.05, 3.63) is 71.8 Å². The number of amides is 2. The van der Waals surface area contributed by atoms with Crippen LogP contribution in [0.2, 0.25) is 0 Å². The van der Waals surface area contributed by atoms with E-state index in [9.17, 15) is 9.59 Å². The summed E-state index contributed by atoms with van der Waals surface area (Å²) in [5.74, 6) is 0.295. The van der Waals surface area contributed by atoms with E-state index in [1.165, 1.54) is 5.56 Å². The van der Waals surface area contributed by atoms with Gasteiger partial charge in [-0.25, -0.2) is 0 Å². The Morgan fingerprint density at radius 2 is 1.60 bits per heavy atom. The zero-order valence-corrected chi connectivity index (χ0v) is 17.7. The highest BCUT2D eigenvalue weighted by Gasteiger charge is 2.17. The molecule has 3 rings (SSSR count). The third-order valence-corrected chi connectivity index (χ3v) is 5.59. The molecule has 1 atom stereocenters. The van der Waals surface area contributed by atoms with E-state index < -0.39 is 0 Å². The van der Waals surface area contributed by atoms with E-state index in [0.29, 0.717) is 19.4 Å². The van der Waals surface area contributed by atoms with Gasteiger partial charge in [0.25, 0.3) is 0 Å². The van der Waals surface area contributed by atoms with E-state index in [4.69, 9.17) is 0 Å². The molecular formula is C25H33N3O2. The maximum atomic E-state index is 12.8. The van der Waals surface area contributed by atoms with Crippen LogP contribution in [0.15, 0.2) is 60.7 Å². The topological polar surface area (TPSA) is 61.4 Å². The predicted molar refractivity (Wildman–Crippen MR) is 120 cm³/mol. The maximum Gasteiger partial charge on any atom is 0.222 e. The molecule has 1 aliphatic rings. The molecule has 1 aliphatic heterocycles. The molecule has 0 radical (unpaired) electrons. The molecule has 2 aromatic rings. The summed E-state index contributed by atoms with van der Waals surface area (Å²) in [6.07, 6.45) is 4.43. The van der Waals surface area contributed by atoms with Crippen molar-refractivity contribution in [3.8, 4) is 0 Å². The van der Waals surface area contributed by atoms with E-state index in [0.717, 1.165) is 50.9 Å². The summed E-state index contributed by atoms with van der Waals surface area (Å²) in [4.78, 5) is 27.2. The lowest BCUT2D eigenvalue weighted by atomic mass is 10.0. The summed E-state index contributed by atoms with van der Waals surface area (Å²) in [7, 11) is 0. The molecule has 1 heterocycles. The summed E-state index contributed by atoms with van der Waals surface area (Å²) in [5.41, 5.74) is 2.32. The van der Waals surface area contributed by atoms with Crippen LogP contribution in [0.3, 0.4) is 0 Å². The molecule has 160 valence electrons. The van der Waals surface area contributed by atoms with Gasteiger partial charge < -0.3 is 15.5 Å². The zero-order valence-electron chi connectivity index (χ0n) is 17.7. The molecule has 0 bridgehead atoms. The van der Waals surface area contributed by atoms with Gasteiger partial charge in [-0.3, -0.25) is 9.59 Å². The first kappa shape index (κ1) is 22.0. The van der Waals surface area contributed by atoms with Gasteiger partial charge in [0, 0.05) is 38.5 Å². The second kappa shape index (κ2) is 12.1. The van der Waals surface area contributed by atoms with Crippen molar-refractivity contribution >= 4 is 11.8 Å². The van der Waals surface area contributed by atoms with Crippen LogP contribution in [0.4, 0.5) is 0 Å². The van der Waals surface area contributed by atoms with Crippen molar-refractivity contribution in [2.75, 3.05) is 26.2 Å². The lowest BCUT2D eigenvalue weighted by Gasteiger charge is -2.23. The summed E-state index contributed by atoms with van der Waals surface area (Å²) in [5, 5.41) is 6.55. The Labute approximate surface area is 179 Å². The van der Waals surface area contributed by atoms with Crippen molar-refractivity contribution in [2.45, 2.75) is 44.6 Å². The number of hydrogen-bond acceptors (Lipinski definition) is 3. The SMILES string of the molecule is O=C1CC(c2ccccc2)NCCCN(C(=O)CCc2ccccc2)CCCCN1. The lowest BCUT2D eigenvalue weighted by molar-refractivity contribution is -0.131. The quantitative estimate of drug-likeness (QED) is 0.816. The molecule has 0 saturated carbocycles. The lowest BCUT2D eigenvalue weighted by Crippen LogP contribution is -2.35. The van der Waals surface area contributed by atoms with Gasteiger partial charge >= 0.3 is 0 Å². The third-order valence-electron chi connectivity index (χ3n) is 5.59. The van der Waals surface area contributed by atoms with Crippen molar-refractivity contribution < 1.29 is 9.59 Å². The van der Waals surface area contributed by atoms with Crippen LogP contribution in [0, 0.1) is 0 Å². The standard InChI is InChI=1S/C25H33N3O2/c29-24-20-23(22-12-5-2-6-13-22)26-17-9-19-28(18-8-7-16-27-24)25(30)15-14-21-10-3-1-4-11-21/h1-6,10-13,23,26H,7-9,14-20H2,(H,27,29). The molecule has 0 aliphatic carbocycles. The average Bonchev–Trinajstić information content (AvgIpc) is 2.80. The Kier molecular flexibility index (Phi) is 8.91. The summed E-state index contributed by atoms with van der Waals surface area (Å²) >= 11 is 0. The van der Waals surface area contributed by atoms with Crippen LogP contribution < -0.4 is 10.6 Å². The Morgan fingerprint density at radius 3 is 2.37 bits per heavy atom. The number of benzene rings is 2. The van der Waals surface area contributed by atoms with E-state index in [1.807, 2.05) is 41.3 Å². The number of carbonyl (C=O) groups is 2. The van der Waals surface area contributed by atoms with Gasteiger partial charge in [0.15, 0.2) is 0 Å². The van der Waals surface area contributed by atoms with Crippen molar-refractivity contribution in [1.29, 1.82) is 0 Å². The van der Waals surface area contributed by atoms with Gasteiger partial charge in [0.2, 0.25) is 11.8 Å². The van der Waals surface area contributed by atoms with Crippen molar-refractivity contribution in [1.82, 2.24) is 15.5 Å². The first-order chi connectivity index (χ1) is 14.7. The molecule has 5 heteroatoms. The number of aryl methyl sites for hydroxylation is 1. The summed E-state index contributed by atoms with van der Waals surface area (Å²) in [6, 6.07) is 20.3. The fraction of sp³-hybridized carbons (Fsp3) is 0.440. The van der Waals surface area contributed by atoms with Crippen molar-refractivity contribution in [3.63, 3.8) is 0 Å². The number of nitrogens with zero attached hydrogens (tertiary/aromatic N) is 1. The minimum Gasteiger partial charge on any atom is -0.356 e. The van der Waals surface area contributed by atoms with E-state index in [-0.39, 0.29) is 17.9 Å². The molecule has 0 aromatic heterocycles. The van der Waals surface area contributed by atoms with E-state index >= 15 is 0 Å². The Balaban J connectivity index is 1.57. The van der Waals surface area contributed by atoms with Crippen molar-refractivity contribution in [2.24, 2.45) is 0 Å². The first-order valence-corrected chi connectivity index (χ1v) is 11.1. The molecule has 2 N–H and O–H groups in total. The highest BCUT2D eigenvalue weighted by atomic mass is 16.2. The van der Waals surface area contributed by atoms with E-state index in [2.05, 4.69) is 34.9 Å². The van der Waals surface area contributed by atoms with Crippen LogP contribution >= 0.6 is 0 Å². The smallest absolute Gasteiger partial charge is 0.222 e. The maximum absolute atomic E-state index is 12.8. The third kappa shape index (κ3) is 7.30.